The van der Waals surface area contributed by atoms with Gasteiger partial charge in [-0.1, -0.05) is 58.4 Å². The van der Waals surface area contributed by atoms with Crippen LogP contribution in [0.3, 0.4) is 0 Å². The van der Waals surface area contributed by atoms with Gasteiger partial charge in [-0.2, -0.15) is 0 Å². The summed E-state index contributed by atoms with van der Waals surface area (Å²) in [4.78, 5) is 36.9. The summed E-state index contributed by atoms with van der Waals surface area (Å²) in [6.45, 7) is 17.7. The van der Waals surface area contributed by atoms with Gasteiger partial charge in [-0.05, 0) is 96.5 Å². The van der Waals surface area contributed by atoms with E-state index in [0.29, 0.717) is 6.42 Å². The number of likely N-dealkylation sites (tertiary alicyclic amines) is 1. The maximum atomic E-state index is 12.8. The second-order valence-corrected chi connectivity index (χ2v) is 16.0. The zero-order valence-corrected chi connectivity index (χ0v) is 35.2. The molecule has 55 heavy (non-hydrogen) atoms. The first kappa shape index (κ1) is 48.5. The van der Waals surface area contributed by atoms with Gasteiger partial charge < -0.3 is 44.1 Å². The first-order chi connectivity index (χ1) is 26.2. The lowest BCUT2D eigenvalue weighted by Gasteiger charge is -2.31. The summed E-state index contributed by atoms with van der Waals surface area (Å²) in [6.07, 6.45) is 16.0. The summed E-state index contributed by atoms with van der Waals surface area (Å²) in [5.74, 6) is -0.781. The molecular formula is C43H74N2O10. The van der Waals surface area contributed by atoms with Crippen LogP contribution in [0.15, 0.2) is 36.0 Å². The van der Waals surface area contributed by atoms with Crippen LogP contribution < -0.4 is 5.32 Å². The Kier molecular flexibility index (Phi) is 22.6. The Balaban J connectivity index is 0.000000675. The van der Waals surface area contributed by atoms with Gasteiger partial charge in [0, 0.05) is 45.4 Å². The van der Waals surface area contributed by atoms with E-state index in [0.717, 1.165) is 31.4 Å². The molecule has 0 aliphatic carbocycles. The van der Waals surface area contributed by atoms with Crippen molar-refractivity contribution in [3.8, 4) is 0 Å². The smallest absolute Gasteiger partial charge is 0.309 e. The molecule has 0 radical (unpaired) electrons. The standard InChI is InChI=1S/C33H54O9.C10H20N2O/c1-10-26(38-8)23(5)31-32(42-31)30(39-9)22(4)14-11-13-20(2)29-21(3)15-12-16-27(40-24(6)34)33(7,37)18-17-25(35)19-28(36)41-29;13-10-11-6-2-5-9-12-7-3-1-4-8-12/h11-14,16,21-23,25-27,29-32,35,37H,10,15,17-19H2,1-9H3;10H,1-9H2,(H,11,13)/b14-11+,16-12+,20-13+;. The van der Waals surface area contributed by atoms with Crippen LogP contribution in [0.25, 0.3) is 0 Å². The molecule has 0 aromatic carbocycles. The summed E-state index contributed by atoms with van der Waals surface area (Å²) in [7, 11) is 3.44. The third kappa shape index (κ3) is 17.6. The van der Waals surface area contributed by atoms with E-state index in [2.05, 4.69) is 37.1 Å². The average molecular weight is 779 g/mol. The number of amides is 1. The molecule has 1 amide bonds. The third-order valence-electron chi connectivity index (χ3n) is 11.2. The Morgan fingerprint density at radius 1 is 1.13 bits per heavy atom. The Morgan fingerprint density at radius 2 is 1.84 bits per heavy atom. The number of aliphatic hydroxyl groups excluding tert-OH is 1. The Morgan fingerprint density at radius 3 is 2.45 bits per heavy atom. The number of piperidine rings is 1. The van der Waals surface area contributed by atoms with Crippen LogP contribution in [-0.4, -0.2) is 122 Å². The largest absolute Gasteiger partial charge is 0.457 e. The first-order valence-corrected chi connectivity index (χ1v) is 20.6. The van der Waals surface area contributed by atoms with Crippen LogP contribution in [0.2, 0.25) is 0 Å². The zero-order chi connectivity index (χ0) is 41.0. The van der Waals surface area contributed by atoms with E-state index in [-0.39, 0.29) is 61.4 Å². The molecule has 316 valence electrons. The Bertz CT molecular complexity index is 1210. The lowest BCUT2D eigenvalue weighted by atomic mass is 9.90. The van der Waals surface area contributed by atoms with E-state index in [4.69, 9.17) is 23.7 Å². The summed E-state index contributed by atoms with van der Waals surface area (Å²) in [5, 5.41) is 24.1. The maximum absolute atomic E-state index is 12.8. The van der Waals surface area contributed by atoms with Gasteiger partial charge in [0.25, 0.3) is 0 Å². The molecule has 12 nitrogen and oxygen atoms in total. The number of ether oxygens (including phenoxy) is 5. The van der Waals surface area contributed by atoms with Gasteiger partial charge in [0.1, 0.15) is 23.9 Å². The number of methoxy groups -OCH3 is 2. The predicted octanol–water partition coefficient (Wildman–Crippen LogP) is 5.69. The van der Waals surface area contributed by atoms with Gasteiger partial charge in [0.05, 0.1) is 30.8 Å². The number of hydrogen-bond acceptors (Lipinski definition) is 11. The van der Waals surface area contributed by atoms with E-state index in [1.54, 1.807) is 27.2 Å². The number of carbonyl (C=O) groups excluding carboxylic acids is 3. The molecule has 3 aliphatic rings. The second-order valence-electron chi connectivity index (χ2n) is 16.0. The van der Waals surface area contributed by atoms with Crippen molar-refractivity contribution in [3.05, 3.63) is 36.0 Å². The van der Waals surface area contributed by atoms with Crippen molar-refractivity contribution in [2.75, 3.05) is 40.4 Å². The normalized spacial score (nSPS) is 31.2. The number of carbonyl (C=O) groups is 3. The number of hydrogen-bond donors (Lipinski definition) is 3. The average Bonchev–Trinajstić information content (AvgIpc) is 3.94. The number of epoxide rings is 1. The molecule has 11 atom stereocenters. The van der Waals surface area contributed by atoms with Crippen molar-refractivity contribution in [2.45, 2.75) is 161 Å². The number of nitrogens with one attached hydrogen (secondary N) is 1. The van der Waals surface area contributed by atoms with Crippen LogP contribution >= 0.6 is 0 Å². The molecule has 3 heterocycles. The second kappa shape index (κ2) is 25.6. The number of esters is 2. The molecule has 0 aromatic rings. The minimum absolute atomic E-state index is 0.00472. The molecule has 3 N–H and O–H groups in total. The van der Waals surface area contributed by atoms with Gasteiger partial charge in [-0.25, -0.2) is 0 Å². The van der Waals surface area contributed by atoms with Crippen molar-refractivity contribution >= 4 is 18.3 Å². The SMILES string of the molecule is CCC(OC)C(C)C1OC1C(OC)C(C)/C=C/C=C(\C)C1OC(=O)CC(O)CCC(C)(O)C(OC(C)=O)/C=C/CC1C.O=CNCCCCN1CCCCC1. The van der Waals surface area contributed by atoms with E-state index >= 15 is 0 Å². The lowest BCUT2D eigenvalue weighted by Crippen LogP contribution is -2.41. The molecular weight excluding hydrogens is 704 g/mol. The first-order valence-electron chi connectivity index (χ1n) is 20.6. The molecule has 0 saturated carbocycles. The van der Waals surface area contributed by atoms with Crippen molar-refractivity contribution in [2.24, 2.45) is 17.8 Å². The van der Waals surface area contributed by atoms with E-state index in [9.17, 15) is 24.6 Å². The molecule has 3 aliphatic heterocycles. The molecule has 0 bridgehead atoms. The van der Waals surface area contributed by atoms with Crippen molar-refractivity contribution < 1.29 is 48.3 Å². The quantitative estimate of drug-likeness (QED) is 0.0417. The predicted molar refractivity (Wildman–Crippen MR) is 214 cm³/mol. The highest BCUT2D eigenvalue weighted by molar-refractivity contribution is 5.70. The molecule has 2 saturated heterocycles. The molecule has 3 rings (SSSR count). The Labute approximate surface area is 331 Å². The molecule has 12 heteroatoms. The molecule has 11 unspecified atom stereocenters. The lowest BCUT2D eigenvalue weighted by molar-refractivity contribution is -0.156. The number of allylic oxidation sites excluding steroid dienone is 3. The third-order valence-corrected chi connectivity index (χ3v) is 11.2. The van der Waals surface area contributed by atoms with Crippen LogP contribution in [0.4, 0.5) is 0 Å². The Hall–Kier alpha value is -2.61. The summed E-state index contributed by atoms with van der Waals surface area (Å²) in [6, 6.07) is 0. The molecule has 0 spiro atoms. The van der Waals surface area contributed by atoms with Crippen molar-refractivity contribution in [3.63, 3.8) is 0 Å². The van der Waals surface area contributed by atoms with E-state index in [1.165, 1.54) is 52.2 Å². The van der Waals surface area contributed by atoms with Gasteiger partial charge in [0.2, 0.25) is 6.41 Å². The fraction of sp³-hybridized carbons (Fsp3) is 0.791. The minimum Gasteiger partial charge on any atom is -0.457 e. The minimum atomic E-state index is -1.40. The highest BCUT2D eigenvalue weighted by Gasteiger charge is 2.51. The van der Waals surface area contributed by atoms with E-state index < -0.39 is 35.9 Å². The summed E-state index contributed by atoms with van der Waals surface area (Å²) in [5.41, 5.74) is -0.541. The van der Waals surface area contributed by atoms with Crippen LogP contribution in [-0.2, 0) is 38.1 Å². The number of cyclic esters (lactones) is 1. The summed E-state index contributed by atoms with van der Waals surface area (Å²) < 4.78 is 28.7. The number of aliphatic hydroxyl groups is 2. The summed E-state index contributed by atoms with van der Waals surface area (Å²) >= 11 is 0. The van der Waals surface area contributed by atoms with Crippen molar-refractivity contribution in [1.82, 2.24) is 10.2 Å². The zero-order valence-electron chi connectivity index (χ0n) is 35.2. The number of nitrogens with zero attached hydrogens (tertiary/aromatic N) is 1. The highest BCUT2D eigenvalue weighted by Crippen LogP contribution is 2.38. The fourth-order valence-corrected chi connectivity index (χ4v) is 7.66. The fourth-order valence-electron chi connectivity index (χ4n) is 7.66. The molecule has 2 fully saturated rings. The molecule has 0 aromatic heterocycles. The highest BCUT2D eigenvalue weighted by atomic mass is 16.6. The monoisotopic (exact) mass is 779 g/mol. The van der Waals surface area contributed by atoms with Crippen LogP contribution in [0.1, 0.15) is 113 Å². The van der Waals surface area contributed by atoms with Gasteiger partial charge in [-0.15, -0.1) is 0 Å². The van der Waals surface area contributed by atoms with Crippen molar-refractivity contribution in [1.29, 1.82) is 0 Å². The number of unbranched alkanes of at least 4 members (excludes halogenated alkanes) is 1. The van der Waals surface area contributed by atoms with Gasteiger partial charge >= 0.3 is 11.9 Å². The maximum Gasteiger partial charge on any atom is 0.309 e. The topological polar surface area (TPSA) is 156 Å². The van der Waals surface area contributed by atoms with Gasteiger partial charge in [0.15, 0.2) is 0 Å². The van der Waals surface area contributed by atoms with Crippen LogP contribution in [0.5, 0.6) is 0 Å². The number of rotatable bonds is 17. The van der Waals surface area contributed by atoms with E-state index in [1.807, 2.05) is 32.1 Å². The van der Waals surface area contributed by atoms with Crippen LogP contribution in [0, 0.1) is 17.8 Å². The van der Waals surface area contributed by atoms with Gasteiger partial charge in [-0.3, -0.25) is 14.4 Å².